The number of nitrogens with two attached hydrogens (primary N) is 1. The van der Waals surface area contributed by atoms with E-state index in [-0.39, 0.29) is 18.0 Å². The number of amides is 1. The van der Waals surface area contributed by atoms with E-state index in [0.717, 1.165) is 12.2 Å². The first-order valence-corrected chi connectivity index (χ1v) is 5.56. The van der Waals surface area contributed by atoms with E-state index in [9.17, 15) is 4.79 Å². The fraction of sp³-hybridized carbons (Fsp3) is 0.636. The molecule has 1 aromatic rings. The molecule has 0 spiro atoms. The maximum atomic E-state index is 10.8. The highest BCUT2D eigenvalue weighted by atomic mass is 16.1. The molecule has 90 valence electrons. The number of hydrogen-bond donors (Lipinski definition) is 2. The van der Waals surface area contributed by atoms with Crippen LogP contribution >= 0.6 is 0 Å². The Morgan fingerprint density at radius 3 is 2.81 bits per heavy atom. The van der Waals surface area contributed by atoms with Gasteiger partial charge >= 0.3 is 0 Å². The maximum absolute atomic E-state index is 10.8. The third-order valence-corrected chi connectivity index (χ3v) is 2.57. The molecule has 5 nitrogen and oxygen atoms in total. The van der Waals surface area contributed by atoms with Crippen molar-refractivity contribution in [2.75, 3.05) is 0 Å². The summed E-state index contributed by atoms with van der Waals surface area (Å²) in [6, 6.07) is 0.230. The zero-order valence-electron chi connectivity index (χ0n) is 10.1. The van der Waals surface area contributed by atoms with E-state index in [2.05, 4.69) is 17.2 Å². The number of primary amides is 1. The van der Waals surface area contributed by atoms with Crippen LogP contribution in [0.15, 0.2) is 12.4 Å². The second-order valence-electron chi connectivity index (χ2n) is 4.10. The highest BCUT2D eigenvalue weighted by Gasteiger charge is 2.16. The Morgan fingerprint density at radius 1 is 1.69 bits per heavy atom. The molecule has 0 fully saturated rings. The number of aromatic nitrogens is 2. The van der Waals surface area contributed by atoms with Gasteiger partial charge in [0.2, 0.25) is 5.91 Å². The lowest BCUT2D eigenvalue weighted by atomic mass is 10.1. The fourth-order valence-electron chi connectivity index (χ4n) is 1.79. The summed E-state index contributed by atoms with van der Waals surface area (Å²) in [6.45, 7) is 4.04. The molecule has 16 heavy (non-hydrogen) atoms. The van der Waals surface area contributed by atoms with Gasteiger partial charge in [-0.05, 0) is 13.3 Å². The Morgan fingerprint density at radius 2 is 2.38 bits per heavy atom. The zero-order chi connectivity index (χ0) is 12.1. The second-order valence-corrected chi connectivity index (χ2v) is 4.10. The van der Waals surface area contributed by atoms with Crippen molar-refractivity contribution in [3.05, 3.63) is 18.2 Å². The first-order chi connectivity index (χ1) is 7.54. The molecule has 0 saturated heterocycles. The number of nitrogens with zero attached hydrogens (tertiary/aromatic N) is 2. The van der Waals surface area contributed by atoms with Gasteiger partial charge in [-0.3, -0.25) is 4.79 Å². The average Bonchev–Trinajstić information content (AvgIpc) is 2.60. The number of hydrogen-bond acceptors (Lipinski definition) is 3. The molecule has 1 aromatic heterocycles. The summed E-state index contributed by atoms with van der Waals surface area (Å²) in [6.07, 6.45) is 4.96. The van der Waals surface area contributed by atoms with Gasteiger partial charge < -0.3 is 15.6 Å². The van der Waals surface area contributed by atoms with Gasteiger partial charge in [0.05, 0.1) is 6.04 Å². The van der Waals surface area contributed by atoms with Crippen molar-refractivity contribution in [2.24, 2.45) is 12.8 Å². The molecule has 0 aliphatic heterocycles. The van der Waals surface area contributed by atoms with Gasteiger partial charge in [-0.15, -0.1) is 0 Å². The second kappa shape index (κ2) is 5.65. The number of carbonyl (C=O) groups is 1. The summed E-state index contributed by atoms with van der Waals surface area (Å²) in [5, 5.41) is 3.36. The highest BCUT2D eigenvalue weighted by molar-refractivity contribution is 5.74. The van der Waals surface area contributed by atoms with Crippen LogP contribution in [0.25, 0.3) is 0 Å². The molecule has 2 atom stereocenters. The largest absolute Gasteiger partial charge is 0.370 e. The Bertz CT molecular complexity index is 348. The summed E-state index contributed by atoms with van der Waals surface area (Å²) >= 11 is 0. The maximum Gasteiger partial charge on any atom is 0.218 e. The van der Waals surface area contributed by atoms with Gasteiger partial charge in [0, 0.05) is 31.9 Å². The summed E-state index contributed by atoms with van der Waals surface area (Å²) in [5.41, 5.74) is 5.16. The van der Waals surface area contributed by atoms with Crippen LogP contribution in [0.2, 0.25) is 0 Å². The summed E-state index contributed by atoms with van der Waals surface area (Å²) in [4.78, 5) is 15.1. The molecule has 1 rings (SSSR count). The monoisotopic (exact) mass is 224 g/mol. The van der Waals surface area contributed by atoms with Crippen LogP contribution in [0, 0.1) is 0 Å². The van der Waals surface area contributed by atoms with E-state index in [1.807, 2.05) is 24.7 Å². The molecular weight excluding hydrogens is 204 g/mol. The minimum absolute atomic E-state index is 0.0687. The molecule has 0 radical (unpaired) electrons. The molecule has 1 heterocycles. The molecule has 0 aliphatic carbocycles. The number of imidazole rings is 1. The summed E-state index contributed by atoms with van der Waals surface area (Å²) < 4.78 is 1.98. The SMILES string of the molecule is CCC(NC(C)CC(N)=O)c1nccn1C. The van der Waals surface area contributed by atoms with Gasteiger partial charge in [0.1, 0.15) is 5.82 Å². The van der Waals surface area contributed by atoms with Crippen molar-refractivity contribution >= 4 is 5.91 Å². The van der Waals surface area contributed by atoms with Crippen molar-refractivity contribution in [3.8, 4) is 0 Å². The van der Waals surface area contributed by atoms with Crippen LogP contribution in [0.4, 0.5) is 0 Å². The van der Waals surface area contributed by atoms with Crippen molar-refractivity contribution < 1.29 is 4.79 Å². The minimum Gasteiger partial charge on any atom is -0.370 e. The molecule has 2 unspecified atom stereocenters. The molecule has 1 amide bonds. The van der Waals surface area contributed by atoms with Crippen LogP contribution in [-0.2, 0) is 11.8 Å². The highest BCUT2D eigenvalue weighted by Crippen LogP contribution is 2.14. The fourth-order valence-corrected chi connectivity index (χ4v) is 1.79. The van der Waals surface area contributed by atoms with Gasteiger partial charge in [0.15, 0.2) is 0 Å². The number of rotatable bonds is 6. The van der Waals surface area contributed by atoms with E-state index in [1.165, 1.54) is 0 Å². The number of nitrogens with one attached hydrogen (secondary N) is 1. The Labute approximate surface area is 96.0 Å². The van der Waals surface area contributed by atoms with Gasteiger partial charge in [-0.1, -0.05) is 6.92 Å². The molecule has 0 saturated carbocycles. The van der Waals surface area contributed by atoms with Gasteiger partial charge in [-0.2, -0.15) is 0 Å². The molecule has 5 heteroatoms. The van der Waals surface area contributed by atoms with Crippen LogP contribution in [-0.4, -0.2) is 21.5 Å². The van der Waals surface area contributed by atoms with Crippen molar-refractivity contribution in [1.29, 1.82) is 0 Å². The Hall–Kier alpha value is -1.36. The number of carbonyl (C=O) groups excluding carboxylic acids is 1. The predicted molar refractivity (Wildman–Crippen MR) is 62.6 cm³/mol. The lowest BCUT2D eigenvalue weighted by Gasteiger charge is -2.21. The lowest BCUT2D eigenvalue weighted by Crippen LogP contribution is -2.34. The Kier molecular flexibility index (Phi) is 4.49. The van der Waals surface area contributed by atoms with Gasteiger partial charge in [-0.25, -0.2) is 4.98 Å². The zero-order valence-corrected chi connectivity index (χ0v) is 10.1. The van der Waals surface area contributed by atoms with E-state index in [4.69, 9.17) is 5.73 Å². The van der Waals surface area contributed by atoms with Crippen molar-refractivity contribution in [1.82, 2.24) is 14.9 Å². The smallest absolute Gasteiger partial charge is 0.218 e. The minimum atomic E-state index is -0.283. The lowest BCUT2D eigenvalue weighted by molar-refractivity contribution is -0.118. The molecule has 0 aliphatic rings. The molecular formula is C11H20N4O. The standard InChI is InChI=1S/C11H20N4O/c1-4-9(11-13-5-6-15(11)3)14-8(2)7-10(12)16/h5-6,8-9,14H,4,7H2,1-3H3,(H2,12,16). The average molecular weight is 224 g/mol. The summed E-state index contributed by atoms with van der Waals surface area (Å²) in [5.74, 6) is 0.702. The van der Waals surface area contributed by atoms with E-state index < -0.39 is 0 Å². The Balaban J connectivity index is 2.62. The summed E-state index contributed by atoms with van der Waals surface area (Å²) in [7, 11) is 1.96. The van der Waals surface area contributed by atoms with E-state index in [1.54, 1.807) is 6.20 Å². The van der Waals surface area contributed by atoms with Crippen LogP contribution in [0.1, 0.15) is 38.6 Å². The van der Waals surface area contributed by atoms with Crippen LogP contribution in [0.5, 0.6) is 0 Å². The predicted octanol–water partition coefficient (Wildman–Crippen LogP) is 0.725. The van der Waals surface area contributed by atoms with E-state index >= 15 is 0 Å². The third-order valence-electron chi connectivity index (χ3n) is 2.57. The first-order valence-electron chi connectivity index (χ1n) is 5.56. The molecule has 0 aromatic carbocycles. The van der Waals surface area contributed by atoms with E-state index in [0.29, 0.717) is 6.42 Å². The van der Waals surface area contributed by atoms with Crippen molar-refractivity contribution in [3.63, 3.8) is 0 Å². The number of aryl methyl sites for hydroxylation is 1. The van der Waals surface area contributed by atoms with Gasteiger partial charge in [0.25, 0.3) is 0 Å². The third kappa shape index (κ3) is 3.34. The normalized spacial score (nSPS) is 14.7. The quantitative estimate of drug-likeness (QED) is 0.748. The topological polar surface area (TPSA) is 72.9 Å². The first kappa shape index (κ1) is 12.7. The molecule has 3 N–H and O–H groups in total. The van der Waals surface area contributed by atoms with Crippen LogP contribution < -0.4 is 11.1 Å². The molecule has 0 bridgehead atoms. The van der Waals surface area contributed by atoms with Crippen molar-refractivity contribution in [2.45, 2.75) is 38.8 Å². The van der Waals surface area contributed by atoms with Crippen LogP contribution in [0.3, 0.4) is 0 Å².